The van der Waals surface area contributed by atoms with Crippen molar-refractivity contribution in [1.29, 1.82) is 0 Å². The Morgan fingerprint density at radius 1 is 1.12 bits per heavy atom. The first kappa shape index (κ1) is 16.4. The lowest BCUT2D eigenvalue weighted by molar-refractivity contribution is -0.0593. The maximum absolute atomic E-state index is 12.4. The van der Waals surface area contributed by atoms with Crippen LogP contribution >= 0.6 is 0 Å². The van der Waals surface area contributed by atoms with Crippen LogP contribution in [-0.4, -0.2) is 17.7 Å². The molecule has 0 saturated carbocycles. The molecular weight excluding hydrogens is 332 g/mol. The molecule has 0 spiro atoms. The van der Waals surface area contributed by atoms with E-state index < -0.39 is 17.3 Å². The molecule has 1 aromatic heterocycles. The predicted molar refractivity (Wildman–Crippen MR) is 96.5 cm³/mol. The number of hydrogen-bond donors (Lipinski definition) is 0. The van der Waals surface area contributed by atoms with E-state index in [1.807, 2.05) is 26.0 Å². The van der Waals surface area contributed by atoms with Gasteiger partial charge in [-0.25, -0.2) is 9.59 Å². The molecule has 0 unspecified atom stereocenters. The van der Waals surface area contributed by atoms with Crippen molar-refractivity contribution in [1.82, 2.24) is 0 Å². The summed E-state index contributed by atoms with van der Waals surface area (Å²) in [7, 11) is 0. The number of carbonyl (C=O) groups excluding carboxylic acids is 1. The Labute approximate surface area is 150 Å². The van der Waals surface area contributed by atoms with E-state index in [0.717, 1.165) is 10.9 Å². The Bertz CT molecular complexity index is 1030. The highest BCUT2D eigenvalue weighted by Crippen LogP contribution is 2.37. The second kappa shape index (κ2) is 6.02. The molecule has 0 amide bonds. The average Bonchev–Trinajstić information content (AvgIpc) is 2.61. The number of rotatable bonds is 2. The van der Waals surface area contributed by atoms with Crippen molar-refractivity contribution in [3.05, 3.63) is 76.1 Å². The zero-order valence-electron chi connectivity index (χ0n) is 14.5. The summed E-state index contributed by atoms with van der Waals surface area (Å²) < 4.78 is 17.0. The molecule has 0 fully saturated rings. The molecule has 0 bridgehead atoms. The Balaban J connectivity index is 1.66. The van der Waals surface area contributed by atoms with Gasteiger partial charge in [0.15, 0.2) is 0 Å². The average molecular weight is 350 g/mol. The summed E-state index contributed by atoms with van der Waals surface area (Å²) in [6.45, 7) is 3.76. The summed E-state index contributed by atoms with van der Waals surface area (Å²) in [5, 5.41) is 0.805. The predicted octanol–water partition coefficient (Wildman–Crippen LogP) is 3.73. The highest BCUT2D eigenvalue weighted by molar-refractivity contribution is 5.89. The molecule has 132 valence electrons. The van der Waals surface area contributed by atoms with E-state index in [1.54, 1.807) is 36.4 Å². The second-order valence-electron chi connectivity index (χ2n) is 6.92. The molecule has 5 nitrogen and oxygen atoms in total. The standard InChI is InChI=1S/C21H18O5/c1-21(2)18(25-20(23)13-6-4-3-5-7-13)11-15-10-14-8-9-19(22)24-16(14)12-17(15)26-21/h3-10,12,18H,11H2,1-2H3/t18-/m1/s1. The topological polar surface area (TPSA) is 65.7 Å². The third-order valence-corrected chi connectivity index (χ3v) is 4.61. The molecule has 1 aliphatic rings. The lowest BCUT2D eigenvalue weighted by atomic mass is 9.90. The van der Waals surface area contributed by atoms with Gasteiger partial charge < -0.3 is 13.9 Å². The van der Waals surface area contributed by atoms with Gasteiger partial charge in [0.05, 0.1) is 5.56 Å². The van der Waals surface area contributed by atoms with Crippen LogP contribution in [-0.2, 0) is 11.2 Å². The molecule has 3 aromatic rings. The van der Waals surface area contributed by atoms with Crippen LogP contribution in [0.15, 0.2) is 63.8 Å². The molecule has 4 rings (SSSR count). The molecule has 0 saturated heterocycles. The normalized spacial score (nSPS) is 18.0. The van der Waals surface area contributed by atoms with E-state index in [2.05, 4.69) is 0 Å². The fourth-order valence-electron chi connectivity index (χ4n) is 3.15. The summed E-state index contributed by atoms with van der Waals surface area (Å²) in [6, 6.07) is 15.6. The van der Waals surface area contributed by atoms with Crippen LogP contribution in [0.25, 0.3) is 11.0 Å². The SMILES string of the molecule is CC1(C)Oc2cc3oc(=O)ccc3cc2C[C@H]1OC(=O)c1ccccc1. The van der Waals surface area contributed by atoms with Crippen LogP contribution in [0.3, 0.4) is 0 Å². The largest absolute Gasteiger partial charge is 0.484 e. The minimum atomic E-state index is -0.708. The molecule has 26 heavy (non-hydrogen) atoms. The van der Waals surface area contributed by atoms with Crippen LogP contribution in [0.1, 0.15) is 29.8 Å². The van der Waals surface area contributed by atoms with E-state index in [0.29, 0.717) is 23.3 Å². The van der Waals surface area contributed by atoms with Gasteiger partial charge in [-0.1, -0.05) is 18.2 Å². The Morgan fingerprint density at radius 2 is 1.88 bits per heavy atom. The second-order valence-corrected chi connectivity index (χ2v) is 6.92. The van der Waals surface area contributed by atoms with E-state index in [1.165, 1.54) is 6.07 Å². The number of benzene rings is 2. The number of hydrogen-bond acceptors (Lipinski definition) is 5. The Hall–Kier alpha value is -3.08. The van der Waals surface area contributed by atoms with Gasteiger partial charge in [0.25, 0.3) is 0 Å². The minimum absolute atomic E-state index is 0.373. The van der Waals surface area contributed by atoms with Gasteiger partial charge in [-0.05, 0) is 43.7 Å². The molecule has 2 heterocycles. The lowest BCUT2D eigenvalue weighted by Gasteiger charge is -2.39. The van der Waals surface area contributed by atoms with Crippen LogP contribution in [0, 0.1) is 0 Å². The number of ether oxygens (including phenoxy) is 2. The van der Waals surface area contributed by atoms with Crippen molar-refractivity contribution in [3.8, 4) is 5.75 Å². The molecule has 2 aromatic carbocycles. The smallest absolute Gasteiger partial charge is 0.338 e. The minimum Gasteiger partial charge on any atom is -0.484 e. The maximum atomic E-state index is 12.4. The van der Waals surface area contributed by atoms with E-state index >= 15 is 0 Å². The highest BCUT2D eigenvalue weighted by Gasteiger charge is 2.40. The van der Waals surface area contributed by atoms with Gasteiger partial charge in [0.1, 0.15) is 23.0 Å². The van der Waals surface area contributed by atoms with Crippen molar-refractivity contribution >= 4 is 16.9 Å². The van der Waals surface area contributed by atoms with Gasteiger partial charge in [0, 0.05) is 23.9 Å². The fourth-order valence-corrected chi connectivity index (χ4v) is 3.15. The zero-order valence-corrected chi connectivity index (χ0v) is 14.5. The number of fused-ring (bicyclic) bond motifs is 2. The Kier molecular flexibility index (Phi) is 3.80. The van der Waals surface area contributed by atoms with Crippen molar-refractivity contribution in [3.63, 3.8) is 0 Å². The molecule has 1 atom stereocenters. The molecule has 0 N–H and O–H groups in total. The summed E-state index contributed by atoms with van der Waals surface area (Å²) in [4.78, 5) is 23.9. The first-order valence-electron chi connectivity index (χ1n) is 8.44. The van der Waals surface area contributed by atoms with Crippen LogP contribution in [0.5, 0.6) is 5.75 Å². The van der Waals surface area contributed by atoms with Gasteiger partial charge in [-0.3, -0.25) is 0 Å². The number of esters is 1. The molecule has 5 heteroatoms. The monoisotopic (exact) mass is 350 g/mol. The fraction of sp³-hybridized carbons (Fsp3) is 0.238. The summed E-state index contributed by atoms with van der Waals surface area (Å²) in [6.07, 6.45) is 0.0894. The van der Waals surface area contributed by atoms with Crippen LogP contribution in [0.2, 0.25) is 0 Å². The van der Waals surface area contributed by atoms with Crippen molar-refractivity contribution in [2.75, 3.05) is 0 Å². The van der Waals surface area contributed by atoms with E-state index in [-0.39, 0.29) is 5.97 Å². The van der Waals surface area contributed by atoms with Crippen LogP contribution < -0.4 is 10.4 Å². The third kappa shape index (κ3) is 2.96. The molecule has 1 aliphatic heterocycles. The third-order valence-electron chi connectivity index (χ3n) is 4.61. The first-order valence-corrected chi connectivity index (χ1v) is 8.44. The van der Waals surface area contributed by atoms with Crippen molar-refractivity contribution in [2.45, 2.75) is 32.0 Å². The van der Waals surface area contributed by atoms with Crippen molar-refractivity contribution in [2.24, 2.45) is 0 Å². The van der Waals surface area contributed by atoms with Gasteiger partial charge >= 0.3 is 11.6 Å². The Morgan fingerprint density at radius 3 is 2.65 bits per heavy atom. The summed E-state index contributed by atoms with van der Waals surface area (Å²) in [5.41, 5.74) is 0.792. The van der Waals surface area contributed by atoms with E-state index in [9.17, 15) is 9.59 Å². The molecule has 0 aliphatic carbocycles. The zero-order chi connectivity index (χ0) is 18.3. The molecule has 0 radical (unpaired) electrons. The summed E-state index contributed by atoms with van der Waals surface area (Å²) >= 11 is 0. The summed E-state index contributed by atoms with van der Waals surface area (Å²) in [5.74, 6) is 0.270. The molecular formula is C21H18O5. The van der Waals surface area contributed by atoms with E-state index in [4.69, 9.17) is 13.9 Å². The van der Waals surface area contributed by atoms with Gasteiger partial charge in [-0.2, -0.15) is 0 Å². The highest BCUT2D eigenvalue weighted by atomic mass is 16.6. The number of carbonyl (C=O) groups is 1. The van der Waals surface area contributed by atoms with Crippen molar-refractivity contribution < 1.29 is 18.7 Å². The van der Waals surface area contributed by atoms with Crippen LogP contribution in [0.4, 0.5) is 0 Å². The quantitative estimate of drug-likeness (QED) is 0.520. The lowest BCUT2D eigenvalue weighted by Crippen LogP contribution is -2.48. The maximum Gasteiger partial charge on any atom is 0.338 e. The van der Waals surface area contributed by atoms with Gasteiger partial charge in [-0.15, -0.1) is 0 Å². The first-order chi connectivity index (χ1) is 12.4. The van der Waals surface area contributed by atoms with Gasteiger partial charge in [0.2, 0.25) is 0 Å².